The molecule has 3 heteroatoms. The van der Waals surface area contributed by atoms with Crippen LogP contribution in [-0.2, 0) is 6.54 Å². The quantitative estimate of drug-likeness (QED) is 0.776. The van der Waals surface area contributed by atoms with Crippen LogP contribution in [0, 0.1) is 0 Å². The molecule has 72 valence electrons. The fraction of sp³-hybridized carbons (Fsp3) is 0.600. The maximum absolute atomic E-state index is 8.90. The van der Waals surface area contributed by atoms with Crippen molar-refractivity contribution < 1.29 is 5.11 Å². The van der Waals surface area contributed by atoms with E-state index in [0.29, 0.717) is 0 Å². The Hall–Kier alpha value is -0.380. The van der Waals surface area contributed by atoms with Gasteiger partial charge >= 0.3 is 0 Å². The van der Waals surface area contributed by atoms with Crippen LogP contribution >= 0.6 is 11.3 Å². The monoisotopic (exact) mass is 197 g/mol. The molecule has 1 N–H and O–H groups in total. The highest BCUT2D eigenvalue weighted by Gasteiger charge is 2.28. The van der Waals surface area contributed by atoms with E-state index in [0.717, 1.165) is 19.1 Å². The lowest BCUT2D eigenvalue weighted by Crippen LogP contribution is -2.28. The molecule has 13 heavy (non-hydrogen) atoms. The number of hydrogen-bond acceptors (Lipinski definition) is 3. The predicted octanol–water partition coefficient (Wildman–Crippen LogP) is 1.70. The summed E-state index contributed by atoms with van der Waals surface area (Å²) >= 11 is 1.74. The Morgan fingerprint density at radius 3 is 2.92 bits per heavy atom. The minimum atomic E-state index is 0.278. The summed E-state index contributed by atoms with van der Waals surface area (Å²) in [6.45, 7) is 2.11. The third-order valence-electron chi connectivity index (χ3n) is 2.42. The van der Waals surface area contributed by atoms with E-state index in [1.54, 1.807) is 11.3 Å². The maximum atomic E-state index is 8.90. The Bertz CT molecular complexity index is 243. The van der Waals surface area contributed by atoms with Gasteiger partial charge in [-0.2, -0.15) is 11.3 Å². The van der Waals surface area contributed by atoms with E-state index in [1.807, 2.05) is 0 Å². The second kappa shape index (κ2) is 4.22. The highest BCUT2D eigenvalue weighted by Crippen LogP contribution is 2.28. The summed E-state index contributed by atoms with van der Waals surface area (Å²) in [5, 5.41) is 13.2. The minimum Gasteiger partial charge on any atom is -0.395 e. The Kier molecular flexibility index (Phi) is 2.98. The molecule has 2 rings (SSSR count). The van der Waals surface area contributed by atoms with Gasteiger partial charge in [0, 0.05) is 19.1 Å². The van der Waals surface area contributed by atoms with Crippen molar-refractivity contribution in [1.29, 1.82) is 0 Å². The van der Waals surface area contributed by atoms with Crippen molar-refractivity contribution in [3.05, 3.63) is 22.4 Å². The Morgan fingerprint density at radius 1 is 1.54 bits per heavy atom. The molecule has 2 nitrogen and oxygen atoms in total. The summed E-state index contributed by atoms with van der Waals surface area (Å²) in [6.07, 6.45) is 2.62. The van der Waals surface area contributed by atoms with Crippen molar-refractivity contribution in [2.45, 2.75) is 25.4 Å². The molecule has 0 aromatic carbocycles. The zero-order chi connectivity index (χ0) is 9.10. The maximum Gasteiger partial charge on any atom is 0.0558 e. The van der Waals surface area contributed by atoms with Gasteiger partial charge < -0.3 is 5.11 Å². The van der Waals surface area contributed by atoms with Crippen molar-refractivity contribution in [2.24, 2.45) is 0 Å². The largest absolute Gasteiger partial charge is 0.395 e. The standard InChI is InChI=1S/C10H15NOS/c12-5-4-11(10-1-2-10)7-9-3-6-13-8-9/h3,6,8,10,12H,1-2,4-5,7H2. The van der Waals surface area contributed by atoms with Crippen LogP contribution < -0.4 is 0 Å². The highest BCUT2D eigenvalue weighted by molar-refractivity contribution is 7.07. The van der Waals surface area contributed by atoms with Crippen molar-refractivity contribution in [2.75, 3.05) is 13.2 Å². The minimum absolute atomic E-state index is 0.278. The summed E-state index contributed by atoms with van der Waals surface area (Å²) in [5.74, 6) is 0. The van der Waals surface area contributed by atoms with Crippen LogP contribution in [0.2, 0.25) is 0 Å². The van der Waals surface area contributed by atoms with Crippen LogP contribution in [-0.4, -0.2) is 29.2 Å². The number of rotatable bonds is 5. The molecule has 1 aliphatic rings. The second-order valence-electron chi connectivity index (χ2n) is 3.56. The van der Waals surface area contributed by atoms with Gasteiger partial charge in [-0.25, -0.2) is 0 Å². The van der Waals surface area contributed by atoms with Gasteiger partial charge in [0.2, 0.25) is 0 Å². The molecule has 0 unspecified atom stereocenters. The molecular weight excluding hydrogens is 182 g/mol. The summed E-state index contributed by atoms with van der Waals surface area (Å²) in [7, 11) is 0. The molecular formula is C10H15NOS. The lowest BCUT2D eigenvalue weighted by molar-refractivity contribution is 0.183. The third-order valence-corrected chi connectivity index (χ3v) is 3.15. The van der Waals surface area contributed by atoms with Gasteiger partial charge in [-0.05, 0) is 35.2 Å². The van der Waals surface area contributed by atoms with E-state index in [1.165, 1.54) is 18.4 Å². The van der Waals surface area contributed by atoms with Gasteiger partial charge in [-0.3, -0.25) is 4.90 Å². The average Bonchev–Trinajstić information content (AvgIpc) is 2.85. The molecule has 1 fully saturated rings. The number of hydrogen-bond donors (Lipinski definition) is 1. The van der Waals surface area contributed by atoms with Gasteiger partial charge in [0.15, 0.2) is 0 Å². The Morgan fingerprint density at radius 2 is 2.38 bits per heavy atom. The fourth-order valence-corrected chi connectivity index (χ4v) is 2.24. The fourth-order valence-electron chi connectivity index (χ4n) is 1.58. The first-order valence-corrected chi connectivity index (χ1v) is 5.70. The molecule has 0 atom stereocenters. The summed E-state index contributed by atoms with van der Waals surface area (Å²) in [4.78, 5) is 2.38. The van der Waals surface area contributed by atoms with Crippen molar-refractivity contribution >= 4 is 11.3 Å². The Balaban J connectivity index is 1.89. The van der Waals surface area contributed by atoms with Crippen LogP contribution in [0.4, 0.5) is 0 Å². The molecule has 0 saturated heterocycles. The molecule has 0 bridgehead atoms. The highest BCUT2D eigenvalue weighted by atomic mass is 32.1. The number of thiophene rings is 1. The summed E-state index contributed by atoms with van der Waals surface area (Å²) < 4.78 is 0. The van der Waals surface area contributed by atoms with E-state index in [-0.39, 0.29) is 6.61 Å². The van der Waals surface area contributed by atoms with E-state index >= 15 is 0 Å². The molecule has 1 heterocycles. The van der Waals surface area contributed by atoms with E-state index in [9.17, 15) is 0 Å². The van der Waals surface area contributed by atoms with Crippen LogP contribution in [0.3, 0.4) is 0 Å². The van der Waals surface area contributed by atoms with Crippen LogP contribution in [0.25, 0.3) is 0 Å². The number of nitrogens with zero attached hydrogens (tertiary/aromatic N) is 1. The van der Waals surface area contributed by atoms with Crippen molar-refractivity contribution in [1.82, 2.24) is 4.90 Å². The lowest BCUT2D eigenvalue weighted by atomic mass is 10.3. The van der Waals surface area contributed by atoms with Gasteiger partial charge in [0.25, 0.3) is 0 Å². The molecule has 0 spiro atoms. The molecule has 1 aromatic rings. The smallest absolute Gasteiger partial charge is 0.0558 e. The molecule has 1 aromatic heterocycles. The lowest BCUT2D eigenvalue weighted by Gasteiger charge is -2.19. The number of aliphatic hydroxyl groups is 1. The van der Waals surface area contributed by atoms with Gasteiger partial charge in [-0.1, -0.05) is 0 Å². The first-order valence-electron chi connectivity index (χ1n) is 4.76. The topological polar surface area (TPSA) is 23.5 Å². The summed E-state index contributed by atoms with van der Waals surface area (Å²) in [5.41, 5.74) is 1.38. The molecule has 0 aliphatic heterocycles. The van der Waals surface area contributed by atoms with Gasteiger partial charge in [-0.15, -0.1) is 0 Å². The zero-order valence-corrected chi connectivity index (χ0v) is 8.46. The SMILES string of the molecule is OCCN(Cc1ccsc1)C1CC1. The van der Waals surface area contributed by atoms with Crippen molar-refractivity contribution in [3.63, 3.8) is 0 Å². The van der Waals surface area contributed by atoms with E-state index in [4.69, 9.17) is 5.11 Å². The molecule has 0 radical (unpaired) electrons. The zero-order valence-electron chi connectivity index (χ0n) is 7.65. The molecule has 1 saturated carbocycles. The number of aliphatic hydroxyl groups excluding tert-OH is 1. The predicted molar refractivity (Wildman–Crippen MR) is 54.8 cm³/mol. The molecule has 1 aliphatic carbocycles. The van der Waals surface area contributed by atoms with Crippen LogP contribution in [0.5, 0.6) is 0 Å². The average molecular weight is 197 g/mol. The molecule has 0 amide bonds. The van der Waals surface area contributed by atoms with Crippen LogP contribution in [0.1, 0.15) is 18.4 Å². The first kappa shape index (κ1) is 9.19. The van der Waals surface area contributed by atoms with Crippen LogP contribution in [0.15, 0.2) is 16.8 Å². The van der Waals surface area contributed by atoms with Gasteiger partial charge in [0.1, 0.15) is 0 Å². The van der Waals surface area contributed by atoms with E-state index in [2.05, 4.69) is 21.7 Å². The third kappa shape index (κ3) is 2.53. The van der Waals surface area contributed by atoms with Crippen molar-refractivity contribution in [3.8, 4) is 0 Å². The summed E-state index contributed by atoms with van der Waals surface area (Å²) in [6, 6.07) is 2.91. The first-order chi connectivity index (χ1) is 6.40. The van der Waals surface area contributed by atoms with Gasteiger partial charge in [0.05, 0.1) is 6.61 Å². The Labute approximate surface area is 82.8 Å². The normalized spacial score (nSPS) is 16.8. The second-order valence-corrected chi connectivity index (χ2v) is 4.34. The van der Waals surface area contributed by atoms with E-state index < -0.39 is 0 Å².